The maximum Gasteiger partial charge on any atom is 0.490 e. The lowest BCUT2D eigenvalue weighted by atomic mass is 9.76. The molecule has 1 aliphatic heterocycles. The van der Waals surface area contributed by atoms with Crippen LogP contribution in [0.15, 0.2) is 59.5 Å². The number of carboxylic acids is 1. The fourth-order valence-electron chi connectivity index (χ4n) is 4.85. The van der Waals surface area contributed by atoms with Crippen molar-refractivity contribution >= 4 is 33.5 Å². The van der Waals surface area contributed by atoms with Gasteiger partial charge < -0.3 is 15.7 Å². The molecule has 2 amide bonds. The number of halogens is 3. The summed E-state index contributed by atoms with van der Waals surface area (Å²) in [5, 5.41) is 13.4. The monoisotopic (exact) mass is 569 g/mol. The number of benzene rings is 2. The fraction of sp³-hybridized carbons (Fsp3) is 0.423. The molecule has 0 spiro atoms. The first-order valence-corrected chi connectivity index (χ1v) is 13.9. The van der Waals surface area contributed by atoms with Gasteiger partial charge in [0.1, 0.15) is 0 Å². The van der Waals surface area contributed by atoms with E-state index in [0.29, 0.717) is 17.5 Å². The van der Waals surface area contributed by atoms with Crippen molar-refractivity contribution in [1.29, 1.82) is 0 Å². The first-order chi connectivity index (χ1) is 18.4. The van der Waals surface area contributed by atoms with Gasteiger partial charge in [-0.2, -0.15) is 13.2 Å². The first kappa shape index (κ1) is 30.1. The molecule has 2 fully saturated rings. The molecule has 4 N–H and O–H groups in total. The van der Waals surface area contributed by atoms with Gasteiger partial charge in [0, 0.05) is 11.3 Å². The molecule has 13 heteroatoms. The number of alkyl halides is 3. The molecule has 2 aromatic rings. The summed E-state index contributed by atoms with van der Waals surface area (Å²) >= 11 is 0. The Labute approximate surface area is 224 Å². The third-order valence-corrected chi connectivity index (χ3v) is 8.09. The zero-order chi connectivity index (χ0) is 28.6. The number of anilines is 1. The van der Waals surface area contributed by atoms with Gasteiger partial charge in [0.25, 0.3) is 15.9 Å². The van der Waals surface area contributed by atoms with E-state index in [9.17, 15) is 31.2 Å². The molecule has 212 valence electrons. The van der Waals surface area contributed by atoms with Crippen molar-refractivity contribution in [1.82, 2.24) is 10.0 Å². The summed E-state index contributed by atoms with van der Waals surface area (Å²) in [4.78, 5) is 34.2. The number of amides is 2. The molecule has 2 aliphatic rings. The number of nitrogens with one attached hydrogen (secondary N) is 3. The van der Waals surface area contributed by atoms with Crippen molar-refractivity contribution in [3.05, 3.63) is 60.2 Å². The number of rotatable bonds is 6. The van der Waals surface area contributed by atoms with Crippen molar-refractivity contribution in [2.24, 2.45) is 11.8 Å². The van der Waals surface area contributed by atoms with E-state index in [1.807, 2.05) is 0 Å². The quantitative estimate of drug-likeness (QED) is 0.413. The van der Waals surface area contributed by atoms with E-state index in [2.05, 4.69) is 15.4 Å². The number of sulfonamides is 1. The summed E-state index contributed by atoms with van der Waals surface area (Å²) in [5.41, 5.74) is 0.773. The van der Waals surface area contributed by atoms with Gasteiger partial charge in [-0.25, -0.2) is 17.9 Å². The molecular weight excluding hydrogens is 539 g/mol. The summed E-state index contributed by atoms with van der Waals surface area (Å²) in [6.45, 7) is 0.855. The van der Waals surface area contributed by atoms with Crippen LogP contribution in [0.25, 0.3) is 0 Å². The Morgan fingerprint density at radius 2 is 1.49 bits per heavy atom. The Bertz CT molecular complexity index is 1250. The lowest BCUT2D eigenvalue weighted by Gasteiger charge is -2.30. The Hall–Kier alpha value is -3.45. The zero-order valence-corrected chi connectivity index (χ0v) is 21.7. The standard InChI is InChI=1S/C24H29N3O4S.C2HF3O2/c28-23(27-32(30,31)20-9-5-2-6-10-20)18-11-13-19(14-12-18)26-24(29)22-21(15-16-25-22)17-7-3-1-4-8-17;3-2(4,5)1(6)7/h2,5-6,9-14,17,21-22,25H,1,3-4,7-8,15-16H2,(H,26,29)(H,27,28);(H,6,7)/t21-,22-;/m0./s1. The van der Waals surface area contributed by atoms with Crippen molar-refractivity contribution in [2.45, 2.75) is 55.6 Å². The second kappa shape index (κ2) is 13.1. The zero-order valence-electron chi connectivity index (χ0n) is 20.9. The molecule has 0 aromatic heterocycles. The highest BCUT2D eigenvalue weighted by Crippen LogP contribution is 2.36. The molecule has 1 saturated carbocycles. The van der Waals surface area contributed by atoms with Crippen LogP contribution >= 0.6 is 0 Å². The smallest absolute Gasteiger partial charge is 0.475 e. The molecule has 2 atom stereocenters. The second-order valence-corrected chi connectivity index (χ2v) is 11.1. The number of carbonyl (C=O) groups is 3. The van der Waals surface area contributed by atoms with Crippen molar-refractivity contribution < 1.29 is 41.1 Å². The molecule has 1 saturated heterocycles. The summed E-state index contributed by atoms with van der Waals surface area (Å²) in [5.74, 6) is -2.56. The minimum absolute atomic E-state index is 0.0221. The Morgan fingerprint density at radius 1 is 0.897 bits per heavy atom. The summed E-state index contributed by atoms with van der Waals surface area (Å²) in [6.07, 6.45) is 2.13. The molecular formula is C26H30F3N3O6S. The predicted octanol–water partition coefficient (Wildman–Crippen LogP) is 3.94. The molecule has 0 unspecified atom stereocenters. The van der Waals surface area contributed by atoms with E-state index in [-0.39, 0.29) is 22.4 Å². The van der Waals surface area contributed by atoms with Gasteiger partial charge in [-0.15, -0.1) is 0 Å². The minimum Gasteiger partial charge on any atom is -0.475 e. The lowest BCUT2D eigenvalue weighted by molar-refractivity contribution is -0.192. The molecule has 4 rings (SSSR count). The average molecular weight is 570 g/mol. The SMILES string of the molecule is O=C(NS(=O)(=O)c1ccccc1)c1ccc(NC(=O)[C@H]2NCC[C@H]2C2CCCCC2)cc1.O=C(O)C(F)(F)F. The van der Waals surface area contributed by atoms with Crippen molar-refractivity contribution in [3.8, 4) is 0 Å². The molecule has 1 heterocycles. The van der Waals surface area contributed by atoms with E-state index >= 15 is 0 Å². The van der Waals surface area contributed by atoms with Crippen LogP contribution in [0.4, 0.5) is 18.9 Å². The number of carboxylic acid groups (broad SMARTS) is 1. The van der Waals surface area contributed by atoms with E-state index in [1.165, 1.54) is 56.4 Å². The van der Waals surface area contributed by atoms with E-state index < -0.39 is 28.1 Å². The highest BCUT2D eigenvalue weighted by atomic mass is 32.2. The number of hydrogen-bond acceptors (Lipinski definition) is 6. The third kappa shape index (κ3) is 8.52. The maximum absolute atomic E-state index is 12.9. The van der Waals surface area contributed by atoms with Crippen LogP contribution in [-0.2, 0) is 19.6 Å². The van der Waals surface area contributed by atoms with Crippen LogP contribution in [0.3, 0.4) is 0 Å². The molecule has 9 nitrogen and oxygen atoms in total. The van der Waals surface area contributed by atoms with E-state index in [0.717, 1.165) is 13.0 Å². The van der Waals surface area contributed by atoms with E-state index in [1.54, 1.807) is 30.3 Å². The van der Waals surface area contributed by atoms with Crippen LogP contribution in [0.1, 0.15) is 48.9 Å². The fourth-order valence-corrected chi connectivity index (χ4v) is 5.84. The normalized spacial score (nSPS) is 19.9. The number of carbonyl (C=O) groups excluding carboxylic acids is 2. The van der Waals surface area contributed by atoms with Crippen LogP contribution < -0.4 is 15.4 Å². The molecule has 2 aromatic carbocycles. The topological polar surface area (TPSA) is 142 Å². The van der Waals surface area contributed by atoms with Crippen molar-refractivity contribution in [3.63, 3.8) is 0 Å². The van der Waals surface area contributed by atoms with Crippen LogP contribution in [0.5, 0.6) is 0 Å². The Balaban J connectivity index is 0.000000532. The third-order valence-electron chi connectivity index (χ3n) is 6.75. The highest BCUT2D eigenvalue weighted by Gasteiger charge is 2.39. The average Bonchev–Trinajstić information content (AvgIpc) is 3.40. The van der Waals surface area contributed by atoms with Gasteiger partial charge >= 0.3 is 12.1 Å². The van der Waals surface area contributed by atoms with Crippen molar-refractivity contribution in [2.75, 3.05) is 11.9 Å². The van der Waals surface area contributed by atoms with Crippen LogP contribution in [0, 0.1) is 11.8 Å². The van der Waals surface area contributed by atoms with Gasteiger partial charge in [-0.05, 0) is 61.2 Å². The number of aliphatic carboxylic acids is 1. The van der Waals surface area contributed by atoms with Gasteiger partial charge in [0.15, 0.2) is 0 Å². The number of hydrogen-bond donors (Lipinski definition) is 4. The minimum atomic E-state index is -5.08. The summed E-state index contributed by atoms with van der Waals surface area (Å²) in [6, 6.07) is 13.8. The highest BCUT2D eigenvalue weighted by molar-refractivity contribution is 7.90. The second-order valence-electron chi connectivity index (χ2n) is 9.40. The van der Waals surface area contributed by atoms with Crippen LogP contribution in [0.2, 0.25) is 0 Å². The summed E-state index contributed by atoms with van der Waals surface area (Å²) < 4.78 is 58.5. The maximum atomic E-state index is 12.9. The predicted molar refractivity (Wildman–Crippen MR) is 136 cm³/mol. The Kier molecular flexibility index (Phi) is 10.1. The van der Waals surface area contributed by atoms with E-state index in [4.69, 9.17) is 9.90 Å². The molecule has 39 heavy (non-hydrogen) atoms. The Morgan fingerprint density at radius 3 is 2.05 bits per heavy atom. The van der Waals surface area contributed by atoms with Gasteiger partial charge in [-0.3, -0.25) is 9.59 Å². The molecule has 1 aliphatic carbocycles. The van der Waals surface area contributed by atoms with Gasteiger partial charge in [0.2, 0.25) is 5.91 Å². The largest absolute Gasteiger partial charge is 0.490 e. The lowest BCUT2D eigenvalue weighted by Crippen LogP contribution is -2.42. The van der Waals surface area contributed by atoms with Gasteiger partial charge in [0.05, 0.1) is 10.9 Å². The summed E-state index contributed by atoms with van der Waals surface area (Å²) in [7, 11) is -3.94. The molecule has 0 bridgehead atoms. The first-order valence-electron chi connectivity index (χ1n) is 12.4. The van der Waals surface area contributed by atoms with Crippen LogP contribution in [-0.4, -0.2) is 50.1 Å². The van der Waals surface area contributed by atoms with Gasteiger partial charge in [-0.1, -0.05) is 50.3 Å². The molecule has 0 radical (unpaired) electrons.